The summed E-state index contributed by atoms with van der Waals surface area (Å²) in [5.41, 5.74) is 0. The Hall–Kier alpha value is -0.610. The van der Waals surface area contributed by atoms with E-state index in [9.17, 15) is 4.79 Å². The zero-order chi connectivity index (χ0) is 10.2. The molecule has 0 aliphatic heterocycles. The van der Waals surface area contributed by atoms with Gasteiger partial charge < -0.3 is 15.7 Å². The number of unbranched alkanes of at least 4 members (excludes halogenated alkanes) is 1. The van der Waals surface area contributed by atoms with E-state index in [1.165, 1.54) is 0 Å². The van der Waals surface area contributed by atoms with Crippen molar-refractivity contribution in [3.63, 3.8) is 0 Å². The molecule has 1 rings (SSSR count). The summed E-state index contributed by atoms with van der Waals surface area (Å²) in [4.78, 5) is 11.2. The molecule has 4 nitrogen and oxygen atoms in total. The number of rotatable bonds is 8. The van der Waals surface area contributed by atoms with Gasteiger partial charge in [0, 0.05) is 25.6 Å². The predicted molar refractivity (Wildman–Crippen MR) is 55.0 cm³/mol. The van der Waals surface area contributed by atoms with E-state index in [0.29, 0.717) is 12.5 Å². The van der Waals surface area contributed by atoms with E-state index in [4.69, 9.17) is 5.11 Å². The number of hydrogen-bond acceptors (Lipinski definition) is 3. The van der Waals surface area contributed by atoms with Crippen LogP contribution in [0.25, 0.3) is 0 Å². The Kier molecular flexibility index (Phi) is 5.56. The first-order valence-electron chi connectivity index (χ1n) is 5.44. The van der Waals surface area contributed by atoms with Crippen LogP contribution in [0.1, 0.15) is 32.1 Å². The van der Waals surface area contributed by atoms with Gasteiger partial charge in [-0.05, 0) is 32.2 Å². The average Bonchev–Trinajstić information content (AvgIpc) is 2.95. The third-order valence-corrected chi connectivity index (χ3v) is 2.23. The number of amides is 1. The molecule has 1 aliphatic rings. The minimum atomic E-state index is 0.155. The molecule has 0 heterocycles. The second kappa shape index (κ2) is 6.79. The van der Waals surface area contributed by atoms with Crippen LogP contribution in [0.4, 0.5) is 0 Å². The lowest BCUT2D eigenvalue weighted by Gasteiger charge is -2.04. The molecular weight excluding hydrogens is 180 g/mol. The number of hydrogen-bond donors (Lipinski definition) is 3. The van der Waals surface area contributed by atoms with E-state index >= 15 is 0 Å². The molecule has 1 amide bonds. The van der Waals surface area contributed by atoms with E-state index in [-0.39, 0.29) is 12.5 Å². The SMILES string of the molecule is O=C(CCNCCCCO)NC1CC1. The molecule has 82 valence electrons. The molecule has 0 aromatic rings. The number of carbonyl (C=O) groups is 1. The molecule has 3 N–H and O–H groups in total. The minimum Gasteiger partial charge on any atom is -0.396 e. The number of aliphatic hydroxyl groups is 1. The van der Waals surface area contributed by atoms with E-state index in [1.54, 1.807) is 0 Å². The molecule has 0 radical (unpaired) electrons. The third-order valence-electron chi connectivity index (χ3n) is 2.23. The molecule has 0 atom stereocenters. The van der Waals surface area contributed by atoms with Crippen LogP contribution in [-0.2, 0) is 4.79 Å². The fraction of sp³-hybridized carbons (Fsp3) is 0.900. The molecule has 1 aliphatic carbocycles. The Morgan fingerprint density at radius 3 is 2.71 bits per heavy atom. The van der Waals surface area contributed by atoms with Crippen molar-refractivity contribution >= 4 is 5.91 Å². The lowest BCUT2D eigenvalue weighted by molar-refractivity contribution is -0.121. The summed E-state index contributed by atoms with van der Waals surface area (Å²) in [5.74, 6) is 0.155. The van der Waals surface area contributed by atoms with Gasteiger partial charge in [0.05, 0.1) is 0 Å². The summed E-state index contributed by atoms with van der Waals surface area (Å²) in [5, 5.41) is 14.6. The fourth-order valence-electron chi connectivity index (χ4n) is 1.22. The highest BCUT2D eigenvalue weighted by atomic mass is 16.2. The highest BCUT2D eigenvalue weighted by Crippen LogP contribution is 2.18. The van der Waals surface area contributed by atoms with Gasteiger partial charge in [0.1, 0.15) is 0 Å². The van der Waals surface area contributed by atoms with Crippen molar-refractivity contribution in [1.29, 1.82) is 0 Å². The van der Waals surface area contributed by atoms with Gasteiger partial charge in [0.25, 0.3) is 0 Å². The van der Waals surface area contributed by atoms with Crippen LogP contribution in [-0.4, -0.2) is 36.8 Å². The van der Waals surface area contributed by atoms with Crippen molar-refractivity contribution in [2.75, 3.05) is 19.7 Å². The number of nitrogens with one attached hydrogen (secondary N) is 2. The Morgan fingerprint density at radius 2 is 2.07 bits per heavy atom. The Morgan fingerprint density at radius 1 is 1.29 bits per heavy atom. The highest BCUT2D eigenvalue weighted by molar-refractivity contribution is 5.76. The van der Waals surface area contributed by atoms with Crippen molar-refractivity contribution in [1.82, 2.24) is 10.6 Å². The van der Waals surface area contributed by atoms with Gasteiger partial charge in [0.2, 0.25) is 5.91 Å². The molecule has 4 heteroatoms. The van der Waals surface area contributed by atoms with E-state index in [0.717, 1.165) is 38.8 Å². The van der Waals surface area contributed by atoms with Crippen LogP contribution in [0.2, 0.25) is 0 Å². The fourth-order valence-corrected chi connectivity index (χ4v) is 1.22. The number of carbonyl (C=O) groups excluding carboxylic acids is 1. The smallest absolute Gasteiger partial charge is 0.221 e. The molecule has 0 saturated heterocycles. The van der Waals surface area contributed by atoms with Gasteiger partial charge in [-0.2, -0.15) is 0 Å². The van der Waals surface area contributed by atoms with Crippen molar-refractivity contribution < 1.29 is 9.90 Å². The highest BCUT2D eigenvalue weighted by Gasteiger charge is 2.22. The Bertz CT molecular complexity index is 170. The molecule has 1 fully saturated rings. The normalized spacial score (nSPS) is 15.5. The average molecular weight is 200 g/mol. The Balaban J connectivity index is 1.80. The summed E-state index contributed by atoms with van der Waals surface area (Å²) in [6.07, 6.45) is 4.67. The summed E-state index contributed by atoms with van der Waals surface area (Å²) < 4.78 is 0. The summed E-state index contributed by atoms with van der Waals surface area (Å²) in [6, 6.07) is 0.469. The zero-order valence-corrected chi connectivity index (χ0v) is 8.59. The minimum absolute atomic E-state index is 0.155. The van der Waals surface area contributed by atoms with E-state index in [2.05, 4.69) is 10.6 Å². The first-order valence-corrected chi connectivity index (χ1v) is 5.44. The third kappa shape index (κ3) is 5.94. The molecule has 0 unspecified atom stereocenters. The Labute approximate surface area is 85.1 Å². The van der Waals surface area contributed by atoms with Gasteiger partial charge in [-0.3, -0.25) is 4.79 Å². The largest absolute Gasteiger partial charge is 0.396 e. The van der Waals surface area contributed by atoms with Gasteiger partial charge in [-0.15, -0.1) is 0 Å². The van der Waals surface area contributed by atoms with Gasteiger partial charge in [0.15, 0.2) is 0 Å². The standard InChI is InChI=1S/C10H20N2O2/c13-8-2-1-6-11-7-5-10(14)12-9-3-4-9/h9,11,13H,1-8H2,(H,12,14). The first kappa shape index (κ1) is 11.5. The summed E-state index contributed by atoms with van der Waals surface area (Å²) in [7, 11) is 0. The molecular formula is C10H20N2O2. The van der Waals surface area contributed by atoms with Crippen molar-refractivity contribution in [2.24, 2.45) is 0 Å². The van der Waals surface area contributed by atoms with Crippen molar-refractivity contribution in [3.8, 4) is 0 Å². The van der Waals surface area contributed by atoms with Crippen LogP contribution in [0.3, 0.4) is 0 Å². The quantitative estimate of drug-likeness (QED) is 0.484. The maximum Gasteiger partial charge on any atom is 0.221 e. The van der Waals surface area contributed by atoms with Crippen LogP contribution >= 0.6 is 0 Å². The lowest BCUT2D eigenvalue weighted by Crippen LogP contribution is -2.29. The molecule has 14 heavy (non-hydrogen) atoms. The topological polar surface area (TPSA) is 61.4 Å². The molecule has 0 aromatic carbocycles. The zero-order valence-electron chi connectivity index (χ0n) is 8.59. The van der Waals surface area contributed by atoms with Crippen molar-refractivity contribution in [2.45, 2.75) is 38.1 Å². The van der Waals surface area contributed by atoms with E-state index in [1.807, 2.05) is 0 Å². The second-order valence-corrected chi connectivity index (χ2v) is 3.77. The van der Waals surface area contributed by atoms with Crippen LogP contribution in [0.15, 0.2) is 0 Å². The molecule has 0 aromatic heterocycles. The van der Waals surface area contributed by atoms with Gasteiger partial charge >= 0.3 is 0 Å². The van der Waals surface area contributed by atoms with Gasteiger partial charge in [-0.25, -0.2) is 0 Å². The van der Waals surface area contributed by atoms with Crippen LogP contribution < -0.4 is 10.6 Å². The van der Waals surface area contributed by atoms with E-state index < -0.39 is 0 Å². The first-order chi connectivity index (χ1) is 6.83. The number of aliphatic hydroxyl groups excluding tert-OH is 1. The van der Waals surface area contributed by atoms with Gasteiger partial charge in [-0.1, -0.05) is 0 Å². The molecule has 1 saturated carbocycles. The summed E-state index contributed by atoms with van der Waals surface area (Å²) in [6.45, 7) is 1.88. The maximum atomic E-state index is 11.2. The summed E-state index contributed by atoms with van der Waals surface area (Å²) >= 11 is 0. The monoisotopic (exact) mass is 200 g/mol. The van der Waals surface area contributed by atoms with Crippen LogP contribution in [0.5, 0.6) is 0 Å². The lowest BCUT2D eigenvalue weighted by atomic mass is 10.3. The second-order valence-electron chi connectivity index (χ2n) is 3.77. The van der Waals surface area contributed by atoms with Crippen molar-refractivity contribution in [3.05, 3.63) is 0 Å². The molecule has 0 spiro atoms. The maximum absolute atomic E-state index is 11.2. The van der Waals surface area contributed by atoms with Crippen LogP contribution in [0, 0.1) is 0 Å². The predicted octanol–water partition coefficient (Wildman–Crippen LogP) is 0.0172. The molecule has 0 bridgehead atoms.